The van der Waals surface area contributed by atoms with E-state index >= 15 is 0 Å². The minimum absolute atomic E-state index is 0.00655. The number of aryl methyl sites for hydroxylation is 2. The number of aromatic nitrogens is 2. The van der Waals surface area contributed by atoms with Gasteiger partial charge in [-0.3, -0.25) is 13.9 Å². The Morgan fingerprint density at radius 2 is 1.73 bits per heavy atom. The summed E-state index contributed by atoms with van der Waals surface area (Å²) in [6.45, 7) is 7.96. The number of carbonyl (C=O) groups excluding carboxylic acids is 1. The molecule has 0 aliphatic heterocycles. The van der Waals surface area contributed by atoms with Gasteiger partial charge in [0.05, 0.1) is 11.0 Å². The lowest BCUT2D eigenvalue weighted by Crippen LogP contribution is -2.30. The third kappa shape index (κ3) is 3.59. The zero-order chi connectivity index (χ0) is 16.1. The predicted molar refractivity (Wildman–Crippen MR) is 89.0 cm³/mol. The van der Waals surface area contributed by atoms with E-state index in [1.807, 2.05) is 24.3 Å². The first-order chi connectivity index (χ1) is 10.5. The summed E-state index contributed by atoms with van der Waals surface area (Å²) in [4.78, 5) is 24.4. The average Bonchev–Trinajstić information content (AvgIpc) is 2.76. The first-order valence-electron chi connectivity index (χ1n) is 7.99. The molecule has 0 radical (unpaired) electrons. The molecule has 0 spiro atoms. The van der Waals surface area contributed by atoms with Crippen molar-refractivity contribution in [1.82, 2.24) is 14.5 Å². The summed E-state index contributed by atoms with van der Waals surface area (Å²) < 4.78 is 3.50. The summed E-state index contributed by atoms with van der Waals surface area (Å²) in [5, 5.41) is 2.89. The van der Waals surface area contributed by atoms with Gasteiger partial charge in [0.15, 0.2) is 0 Å². The molecular weight excluding hydrogens is 278 g/mol. The molecule has 0 aliphatic rings. The number of imidazole rings is 1. The van der Waals surface area contributed by atoms with Gasteiger partial charge in [-0.2, -0.15) is 0 Å². The second-order valence-corrected chi connectivity index (χ2v) is 6.02. The van der Waals surface area contributed by atoms with Crippen molar-refractivity contribution in [1.29, 1.82) is 0 Å². The molecule has 1 N–H and O–H groups in total. The molecule has 1 heterocycles. The van der Waals surface area contributed by atoms with E-state index in [0.717, 1.165) is 17.5 Å². The van der Waals surface area contributed by atoms with Crippen LogP contribution in [-0.4, -0.2) is 21.6 Å². The molecule has 0 atom stereocenters. The third-order valence-corrected chi connectivity index (χ3v) is 3.64. The molecule has 2 aromatic rings. The number of fused-ring (bicyclic) bond motifs is 1. The van der Waals surface area contributed by atoms with E-state index in [1.54, 1.807) is 9.13 Å². The second kappa shape index (κ2) is 7.29. The van der Waals surface area contributed by atoms with Gasteiger partial charge < -0.3 is 5.32 Å². The molecule has 1 amide bonds. The summed E-state index contributed by atoms with van der Waals surface area (Å²) in [5.74, 6) is 0.422. The number of para-hydroxylation sites is 2. The van der Waals surface area contributed by atoms with Gasteiger partial charge in [-0.1, -0.05) is 32.9 Å². The third-order valence-electron chi connectivity index (χ3n) is 3.64. The van der Waals surface area contributed by atoms with Crippen molar-refractivity contribution in [3.63, 3.8) is 0 Å². The number of amides is 1. The summed E-state index contributed by atoms with van der Waals surface area (Å²) in [6, 6.07) is 7.76. The van der Waals surface area contributed by atoms with Crippen LogP contribution >= 0.6 is 0 Å². The van der Waals surface area contributed by atoms with Crippen LogP contribution in [0.3, 0.4) is 0 Å². The SMILES string of the molecule is CCCn1c(=O)n(CCC(=O)NCC(C)C)c2ccccc21. The van der Waals surface area contributed by atoms with E-state index in [0.29, 0.717) is 32.0 Å². The quantitative estimate of drug-likeness (QED) is 0.854. The first-order valence-corrected chi connectivity index (χ1v) is 7.99. The second-order valence-electron chi connectivity index (χ2n) is 6.02. The van der Waals surface area contributed by atoms with E-state index in [2.05, 4.69) is 26.1 Å². The van der Waals surface area contributed by atoms with Crippen molar-refractivity contribution < 1.29 is 4.79 Å². The van der Waals surface area contributed by atoms with Crippen molar-refractivity contribution >= 4 is 16.9 Å². The number of hydrogen-bond acceptors (Lipinski definition) is 2. The molecular formula is C17H25N3O2. The van der Waals surface area contributed by atoms with Gasteiger partial charge in [-0.05, 0) is 24.5 Å². The molecule has 0 saturated carbocycles. The molecule has 5 heteroatoms. The fourth-order valence-corrected chi connectivity index (χ4v) is 2.55. The van der Waals surface area contributed by atoms with Gasteiger partial charge >= 0.3 is 5.69 Å². The van der Waals surface area contributed by atoms with Crippen LogP contribution in [-0.2, 0) is 17.9 Å². The highest BCUT2D eigenvalue weighted by Gasteiger charge is 2.13. The van der Waals surface area contributed by atoms with Crippen molar-refractivity contribution in [3.8, 4) is 0 Å². The minimum Gasteiger partial charge on any atom is -0.356 e. The molecule has 0 saturated heterocycles. The van der Waals surface area contributed by atoms with Crippen LogP contribution in [0.15, 0.2) is 29.1 Å². The Kier molecular flexibility index (Phi) is 5.41. The van der Waals surface area contributed by atoms with E-state index < -0.39 is 0 Å². The molecule has 0 aliphatic carbocycles. The highest BCUT2D eigenvalue weighted by Crippen LogP contribution is 2.13. The highest BCUT2D eigenvalue weighted by molar-refractivity contribution is 5.78. The molecule has 1 aromatic carbocycles. The normalized spacial score (nSPS) is 11.3. The van der Waals surface area contributed by atoms with Gasteiger partial charge in [0.25, 0.3) is 0 Å². The number of carbonyl (C=O) groups is 1. The Hall–Kier alpha value is -2.04. The number of benzene rings is 1. The maximum atomic E-state index is 12.6. The van der Waals surface area contributed by atoms with Crippen molar-refractivity contribution in [2.75, 3.05) is 6.54 Å². The molecule has 5 nitrogen and oxygen atoms in total. The van der Waals surface area contributed by atoms with Crippen molar-refractivity contribution in [2.24, 2.45) is 5.92 Å². The Morgan fingerprint density at radius 3 is 2.27 bits per heavy atom. The Labute approximate surface area is 130 Å². The van der Waals surface area contributed by atoms with Crippen molar-refractivity contribution in [3.05, 3.63) is 34.7 Å². The standard InChI is InChI=1S/C17H25N3O2/c1-4-10-19-14-7-5-6-8-15(14)20(17(19)22)11-9-16(21)18-12-13(2)3/h5-8,13H,4,9-12H2,1-3H3,(H,18,21). The van der Waals surface area contributed by atoms with Crippen LogP contribution in [0, 0.1) is 5.92 Å². The minimum atomic E-state index is -0.0280. The van der Waals surface area contributed by atoms with E-state index in [9.17, 15) is 9.59 Å². The zero-order valence-corrected chi connectivity index (χ0v) is 13.6. The molecule has 0 unspecified atom stereocenters. The Balaban J connectivity index is 2.19. The molecule has 2 rings (SSSR count). The molecule has 1 aromatic heterocycles. The lowest BCUT2D eigenvalue weighted by atomic mass is 10.2. The van der Waals surface area contributed by atoms with Crippen LogP contribution in [0.5, 0.6) is 0 Å². The van der Waals surface area contributed by atoms with Crippen LogP contribution in [0.25, 0.3) is 11.0 Å². The van der Waals surface area contributed by atoms with Crippen LogP contribution in [0.1, 0.15) is 33.6 Å². The largest absolute Gasteiger partial charge is 0.356 e. The first kappa shape index (κ1) is 16.3. The smallest absolute Gasteiger partial charge is 0.329 e. The Bertz CT molecular complexity index is 697. The fraction of sp³-hybridized carbons (Fsp3) is 0.529. The van der Waals surface area contributed by atoms with Gasteiger partial charge in [0.2, 0.25) is 5.91 Å². The summed E-state index contributed by atoms with van der Waals surface area (Å²) in [6.07, 6.45) is 1.23. The number of nitrogens with one attached hydrogen (secondary N) is 1. The van der Waals surface area contributed by atoms with Crippen LogP contribution < -0.4 is 11.0 Å². The average molecular weight is 303 g/mol. The van der Waals surface area contributed by atoms with E-state index in [1.165, 1.54) is 0 Å². The fourth-order valence-electron chi connectivity index (χ4n) is 2.55. The van der Waals surface area contributed by atoms with Gasteiger partial charge in [0, 0.05) is 26.1 Å². The lowest BCUT2D eigenvalue weighted by Gasteiger charge is -2.08. The van der Waals surface area contributed by atoms with Crippen LogP contribution in [0.4, 0.5) is 0 Å². The lowest BCUT2D eigenvalue weighted by molar-refractivity contribution is -0.121. The zero-order valence-electron chi connectivity index (χ0n) is 13.6. The van der Waals surface area contributed by atoms with Gasteiger partial charge in [0.1, 0.15) is 0 Å². The molecule has 120 valence electrons. The van der Waals surface area contributed by atoms with Gasteiger partial charge in [-0.15, -0.1) is 0 Å². The topological polar surface area (TPSA) is 56.0 Å². The predicted octanol–water partition coefficient (Wildman–Crippen LogP) is 2.38. The number of nitrogens with zero attached hydrogens (tertiary/aromatic N) is 2. The summed E-state index contributed by atoms with van der Waals surface area (Å²) in [5.41, 5.74) is 1.81. The monoisotopic (exact) mass is 303 g/mol. The highest BCUT2D eigenvalue weighted by atomic mass is 16.2. The molecule has 22 heavy (non-hydrogen) atoms. The molecule has 0 bridgehead atoms. The van der Waals surface area contributed by atoms with Crippen molar-refractivity contribution in [2.45, 2.75) is 46.7 Å². The number of hydrogen-bond donors (Lipinski definition) is 1. The number of rotatable bonds is 7. The summed E-state index contributed by atoms with van der Waals surface area (Å²) >= 11 is 0. The summed E-state index contributed by atoms with van der Waals surface area (Å²) in [7, 11) is 0. The van der Waals surface area contributed by atoms with E-state index in [4.69, 9.17) is 0 Å². The van der Waals surface area contributed by atoms with Crippen LogP contribution in [0.2, 0.25) is 0 Å². The molecule has 0 fully saturated rings. The Morgan fingerprint density at radius 1 is 1.14 bits per heavy atom. The van der Waals surface area contributed by atoms with E-state index in [-0.39, 0.29) is 11.6 Å². The maximum Gasteiger partial charge on any atom is 0.329 e. The maximum absolute atomic E-state index is 12.6. The van der Waals surface area contributed by atoms with Gasteiger partial charge in [-0.25, -0.2) is 4.79 Å².